The van der Waals surface area contributed by atoms with Crippen LogP contribution in [-0.4, -0.2) is 44.0 Å². The van der Waals surface area contributed by atoms with Crippen LogP contribution in [0.4, 0.5) is 0 Å². The van der Waals surface area contributed by atoms with Gasteiger partial charge in [0.2, 0.25) is 0 Å². The highest BCUT2D eigenvalue weighted by Gasteiger charge is 2.09. The van der Waals surface area contributed by atoms with Crippen LogP contribution < -0.4 is 10.1 Å². The van der Waals surface area contributed by atoms with Crippen molar-refractivity contribution in [3.05, 3.63) is 29.8 Å². The van der Waals surface area contributed by atoms with Gasteiger partial charge in [-0.2, -0.15) is 0 Å². The SMILES string of the molecule is CCOCCNCCOc1ccccc1C(=O)O. The molecule has 0 bridgehead atoms. The third-order valence-corrected chi connectivity index (χ3v) is 2.28. The quantitative estimate of drug-likeness (QED) is 0.651. The van der Waals surface area contributed by atoms with Crippen LogP contribution in [-0.2, 0) is 4.74 Å². The van der Waals surface area contributed by atoms with Crippen LogP contribution in [0.1, 0.15) is 17.3 Å². The van der Waals surface area contributed by atoms with Gasteiger partial charge in [-0.15, -0.1) is 0 Å². The Morgan fingerprint density at radius 1 is 1.28 bits per heavy atom. The van der Waals surface area contributed by atoms with Gasteiger partial charge < -0.3 is 19.9 Å². The fourth-order valence-corrected chi connectivity index (χ4v) is 1.42. The smallest absolute Gasteiger partial charge is 0.339 e. The van der Waals surface area contributed by atoms with E-state index in [1.807, 2.05) is 6.92 Å². The highest BCUT2D eigenvalue weighted by atomic mass is 16.5. The number of para-hydroxylation sites is 1. The number of carboxylic acid groups (broad SMARTS) is 1. The van der Waals surface area contributed by atoms with E-state index in [2.05, 4.69) is 5.32 Å². The fourth-order valence-electron chi connectivity index (χ4n) is 1.42. The van der Waals surface area contributed by atoms with Gasteiger partial charge in [0.25, 0.3) is 0 Å². The van der Waals surface area contributed by atoms with E-state index in [0.717, 1.165) is 6.54 Å². The predicted molar refractivity (Wildman–Crippen MR) is 68.3 cm³/mol. The maximum atomic E-state index is 10.9. The van der Waals surface area contributed by atoms with Gasteiger partial charge in [-0.25, -0.2) is 4.79 Å². The molecule has 0 unspecified atom stereocenters. The largest absolute Gasteiger partial charge is 0.491 e. The molecule has 100 valence electrons. The van der Waals surface area contributed by atoms with Crippen LogP contribution in [0.15, 0.2) is 24.3 Å². The predicted octanol–water partition coefficient (Wildman–Crippen LogP) is 1.39. The van der Waals surface area contributed by atoms with E-state index >= 15 is 0 Å². The Morgan fingerprint density at radius 2 is 2.00 bits per heavy atom. The number of aromatic carboxylic acids is 1. The molecule has 18 heavy (non-hydrogen) atoms. The first-order chi connectivity index (χ1) is 8.75. The number of nitrogens with one attached hydrogen (secondary N) is 1. The summed E-state index contributed by atoms with van der Waals surface area (Å²) in [6, 6.07) is 6.62. The van der Waals surface area contributed by atoms with Crippen LogP contribution in [0.25, 0.3) is 0 Å². The Balaban J connectivity index is 2.25. The summed E-state index contributed by atoms with van der Waals surface area (Å²) in [6.07, 6.45) is 0. The lowest BCUT2D eigenvalue weighted by atomic mass is 10.2. The fraction of sp³-hybridized carbons (Fsp3) is 0.462. The number of carbonyl (C=O) groups is 1. The van der Waals surface area contributed by atoms with E-state index in [-0.39, 0.29) is 5.56 Å². The summed E-state index contributed by atoms with van der Waals surface area (Å²) in [7, 11) is 0. The van der Waals surface area contributed by atoms with Gasteiger partial charge in [0, 0.05) is 19.7 Å². The second kappa shape index (κ2) is 8.49. The second-order valence-electron chi connectivity index (χ2n) is 3.60. The van der Waals surface area contributed by atoms with E-state index in [9.17, 15) is 4.79 Å². The van der Waals surface area contributed by atoms with Gasteiger partial charge in [-0.3, -0.25) is 0 Å². The van der Waals surface area contributed by atoms with Crippen molar-refractivity contribution in [2.24, 2.45) is 0 Å². The maximum absolute atomic E-state index is 10.9. The highest BCUT2D eigenvalue weighted by Crippen LogP contribution is 2.17. The lowest BCUT2D eigenvalue weighted by molar-refractivity contribution is 0.0692. The average molecular weight is 253 g/mol. The van der Waals surface area contributed by atoms with Gasteiger partial charge in [0.05, 0.1) is 6.61 Å². The molecule has 0 spiro atoms. The van der Waals surface area contributed by atoms with Crippen LogP contribution in [0.5, 0.6) is 5.75 Å². The van der Waals surface area contributed by atoms with Gasteiger partial charge in [-0.1, -0.05) is 12.1 Å². The number of rotatable bonds is 9. The van der Waals surface area contributed by atoms with Gasteiger partial charge in [-0.05, 0) is 19.1 Å². The molecule has 0 aliphatic carbocycles. The van der Waals surface area contributed by atoms with Gasteiger partial charge >= 0.3 is 5.97 Å². The third kappa shape index (κ3) is 5.16. The van der Waals surface area contributed by atoms with E-state index in [0.29, 0.717) is 32.1 Å². The molecule has 0 saturated carbocycles. The number of hydrogen-bond acceptors (Lipinski definition) is 4. The Labute approximate surface area is 107 Å². The number of benzene rings is 1. The third-order valence-electron chi connectivity index (χ3n) is 2.28. The van der Waals surface area contributed by atoms with Crippen molar-refractivity contribution in [1.82, 2.24) is 5.32 Å². The minimum absolute atomic E-state index is 0.187. The topological polar surface area (TPSA) is 67.8 Å². The molecule has 0 aliphatic rings. The van der Waals surface area contributed by atoms with Crippen LogP contribution in [0.2, 0.25) is 0 Å². The Hall–Kier alpha value is -1.59. The summed E-state index contributed by atoms with van der Waals surface area (Å²) < 4.78 is 10.6. The zero-order valence-corrected chi connectivity index (χ0v) is 10.5. The molecule has 0 aliphatic heterocycles. The lowest BCUT2D eigenvalue weighted by Gasteiger charge is -2.09. The average Bonchev–Trinajstić information content (AvgIpc) is 2.38. The molecule has 1 aromatic rings. The summed E-state index contributed by atoms with van der Waals surface area (Å²) in [4.78, 5) is 10.9. The molecule has 0 atom stereocenters. The van der Waals surface area contributed by atoms with Crippen molar-refractivity contribution in [3.8, 4) is 5.75 Å². The van der Waals surface area contributed by atoms with Crippen molar-refractivity contribution in [2.75, 3.05) is 32.9 Å². The second-order valence-corrected chi connectivity index (χ2v) is 3.60. The number of carboxylic acids is 1. The maximum Gasteiger partial charge on any atom is 0.339 e. The Kier molecular flexibility index (Phi) is 6.83. The molecule has 2 N–H and O–H groups in total. The van der Waals surface area contributed by atoms with Crippen molar-refractivity contribution >= 4 is 5.97 Å². The Morgan fingerprint density at radius 3 is 2.72 bits per heavy atom. The number of hydrogen-bond donors (Lipinski definition) is 2. The summed E-state index contributed by atoms with van der Waals surface area (Å²) in [5, 5.41) is 12.1. The highest BCUT2D eigenvalue weighted by molar-refractivity contribution is 5.90. The lowest BCUT2D eigenvalue weighted by Crippen LogP contribution is -2.25. The first-order valence-corrected chi connectivity index (χ1v) is 5.99. The first-order valence-electron chi connectivity index (χ1n) is 5.99. The van der Waals surface area contributed by atoms with E-state index < -0.39 is 5.97 Å². The molecule has 0 aromatic heterocycles. The van der Waals surface area contributed by atoms with E-state index in [4.69, 9.17) is 14.6 Å². The molecule has 1 rings (SSSR count). The molecule has 5 nitrogen and oxygen atoms in total. The summed E-state index contributed by atoms with van der Waals surface area (Å²) >= 11 is 0. The Bertz CT molecular complexity index is 368. The minimum Gasteiger partial charge on any atom is -0.491 e. The van der Waals surface area contributed by atoms with Crippen molar-refractivity contribution in [3.63, 3.8) is 0 Å². The molecule has 0 heterocycles. The van der Waals surface area contributed by atoms with E-state index in [1.54, 1.807) is 18.2 Å². The zero-order chi connectivity index (χ0) is 13.2. The first kappa shape index (κ1) is 14.5. The van der Waals surface area contributed by atoms with Gasteiger partial charge in [0.15, 0.2) is 0 Å². The molecule has 0 saturated heterocycles. The van der Waals surface area contributed by atoms with Crippen LogP contribution in [0, 0.1) is 0 Å². The van der Waals surface area contributed by atoms with E-state index in [1.165, 1.54) is 6.07 Å². The zero-order valence-electron chi connectivity index (χ0n) is 10.5. The summed E-state index contributed by atoms with van der Waals surface area (Å²) in [5.74, 6) is -0.577. The van der Waals surface area contributed by atoms with Crippen LogP contribution in [0.3, 0.4) is 0 Å². The van der Waals surface area contributed by atoms with Crippen molar-refractivity contribution in [2.45, 2.75) is 6.92 Å². The minimum atomic E-state index is -0.977. The molecular formula is C13H19NO4. The van der Waals surface area contributed by atoms with Crippen LogP contribution >= 0.6 is 0 Å². The number of ether oxygens (including phenoxy) is 2. The monoisotopic (exact) mass is 253 g/mol. The summed E-state index contributed by atoms with van der Waals surface area (Å²) in [6.45, 7) is 5.17. The molecule has 5 heteroatoms. The van der Waals surface area contributed by atoms with Gasteiger partial charge in [0.1, 0.15) is 17.9 Å². The molecule has 0 amide bonds. The van der Waals surface area contributed by atoms with Crippen molar-refractivity contribution in [1.29, 1.82) is 0 Å². The normalized spacial score (nSPS) is 10.3. The standard InChI is InChI=1S/C13H19NO4/c1-2-17-9-7-14-8-10-18-12-6-4-3-5-11(12)13(15)16/h3-6,14H,2,7-10H2,1H3,(H,15,16). The molecule has 0 fully saturated rings. The molecular weight excluding hydrogens is 234 g/mol. The summed E-state index contributed by atoms with van der Waals surface area (Å²) in [5.41, 5.74) is 0.187. The molecule has 1 aromatic carbocycles. The van der Waals surface area contributed by atoms with Crippen molar-refractivity contribution < 1.29 is 19.4 Å². The molecule has 0 radical (unpaired) electrons.